The second kappa shape index (κ2) is 7.20. The minimum Gasteiger partial charge on any atom is -0.508 e. The zero-order valence-corrected chi connectivity index (χ0v) is 13.6. The summed E-state index contributed by atoms with van der Waals surface area (Å²) in [7, 11) is 0. The smallest absolute Gasteiger partial charge is 0.252 e. The summed E-state index contributed by atoms with van der Waals surface area (Å²) in [5.41, 5.74) is 2.97. The lowest BCUT2D eigenvalue weighted by Gasteiger charge is -2.11. The third-order valence-electron chi connectivity index (χ3n) is 3.68. The largest absolute Gasteiger partial charge is 0.508 e. The van der Waals surface area contributed by atoms with Gasteiger partial charge >= 0.3 is 0 Å². The van der Waals surface area contributed by atoms with Crippen LogP contribution in [0.5, 0.6) is 5.75 Å². The van der Waals surface area contributed by atoms with Crippen LogP contribution >= 0.6 is 11.6 Å². The number of aromatic hydroxyl groups is 1. The van der Waals surface area contributed by atoms with Crippen LogP contribution in [0, 0.1) is 0 Å². The van der Waals surface area contributed by atoms with Crippen molar-refractivity contribution in [2.24, 2.45) is 0 Å². The molecule has 1 amide bonds. The molecule has 3 aromatic carbocycles. The van der Waals surface area contributed by atoms with Crippen LogP contribution in [0.4, 0.5) is 0 Å². The highest BCUT2D eigenvalue weighted by Gasteiger charge is 2.14. The minimum absolute atomic E-state index is 0.0469. The molecule has 3 aromatic rings. The van der Waals surface area contributed by atoms with E-state index in [0.717, 1.165) is 16.7 Å². The molecule has 24 heavy (non-hydrogen) atoms. The van der Waals surface area contributed by atoms with Gasteiger partial charge in [-0.05, 0) is 47.0 Å². The van der Waals surface area contributed by atoms with Crippen LogP contribution in [-0.4, -0.2) is 11.0 Å². The third-order valence-corrected chi connectivity index (χ3v) is 3.91. The fraction of sp³-hybridized carbons (Fsp3) is 0.0500. The van der Waals surface area contributed by atoms with Gasteiger partial charge in [-0.1, -0.05) is 54.1 Å². The zero-order valence-electron chi connectivity index (χ0n) is 12.9. The molecule has 0 unspecified atom stereocenters. The van der Waals surface area contributed by atoms with Crippen molar-refractivity contribution < 1.29 is 9.90 Å². The summed E-state index contributed by atoms with van der Waals surface area (Å²) in [6, 6.07) is 21.7. The van der Waals surface area contributed by atoms with E-state index >= 15 is 0 Å². The summed E-state index contributed by atoms with van der Waals surface area (Å²) < 4.78 is 0. The number of carbonyl (C=O) groups excluding carboxylic acids is 1. The van der Waals surface area contributed by atoms with Crippen LogP contribution in [-0.2, 0) is 6.54 Å². The Hall–Kier alpha value is -2.78. The molecule has 0 atom stereocenters. The standard InChI is InChI=1S/C20H16ClNO2/c21-16-8-4-7-15(11-16)18-10-9-17(23)12-19(18)20(24)22-13-14-5-2-1-3-6-14/h1-12,23H,13H2,(H,22,24). The molecule has 0 heterocycles. The quantitative estimate of drug-likeness (QED) is 0.728. The van der Waals surface area contributed by atoms with E-state index in [0.29, 0.717) is 17.1 Å². The molecule has 0 aromatic heterocycles. The number of amides is 1. The summed E-state index contributed by atoms with van der Waals surface area (Å²) >= 11 is 6.05. The number of hydrogen-bond acceptors (Lipinski definition) is 2. The fourth-order valence-electron chi connectivity index (χ4n) is 2.50. The Kier molecular flexibility index (Phi) is 4.82. The van der Waals surface area contributed by atoms with Crippen LogP contribution in [0.2, 0.25) is 5.02 Å². The number of nitrogens with one attached hydrogen (secondary N) is 1. The van der Waals surface area contributed by atoms with E-state index in [1.54, 1.807) is 24.3 Å². The molecule has 0 saturated carbocycles. The molecular formula is C20H16ClNO2. The Bertz CT molecular complexity index is 863. The van der Waals surface area contributed by atoms with Gasteiger partial charge in [-0.15, -0.1) is 0 Å². The number of carbonyl (C=O) groups is 1. The molecule has 0 aliphatic heterocycles. The molecule has 3 rings (SSSR count). The lowest BCUT2D eigenvalue weighted by molar-refractivity contribution is 0.0951. The van der Waals surface area contributed by atoms with Crippen LogP contribution in [0.15, 0.2) is 72.8 Å². The average molecular weight is 338 g/mol. The summed E-state index contributed by atoms with van der Waals surface area (Å²) in [5, 5.41) is 13.2. The summed E-state index contributed by atoms with van der Waals surface area (Å²) in [4.78, 5) is 12.6. The Labute approximate surface area is 145 Å². The fourth-order valence-corrected chi connectivity index (χ4v) is 2.69. The molecule has 0 spiro atoms. The van der Waals surface area contributed by atoms with Crippen LogP contribution in [0.3, 0.4) is 0 Å². The van der Waals surface area contributed by atoms with Crippen LogP contribution in [0.1, 0.15) is 15.9 Å². The van der Waals surface area contributed by atoms with E-state index in [-0.39, 0.29) is 11.7 Å². The summed E-state index contributed by atoms with van der Waals surface area (Å²) in [5.74, 6) is -0.199. The average Bonchev–Trinajstić information content (AvgIpc) is 2.60. The molecule has 120 valence electrons. The molecule has 0 fully saturated rings. The van der Waals surface area contributed by atoms with Gasteiger partial charge in [0.05, 0.1) is 5.56 Å². The van der Waals surface area contributed by atoms with Crippen molar-refractivity contribution >= 4 is 17.5 Å². The minimum atomic E-state index is -0.246. The second-order valence-electron chi connectivity index (χ2n) is 5.41. The molecule has 2 N–H and O–H groups in total. The van der Waals surface area contributed by atoms with Gasteiger partial charge in [-0.3, -0.25) is 4.79 Å². The number of rotatable bonds is 4. The van der Waals surface area contributed by atoms with E-state index in [9.17, 15) is 9.90 Å². The van der Waals surface area contributed by atoms with Gasteiger partial charge < -0.3 is 10.4 Å². The normalized spacial score (nSPS) is 10.4. The molecule has 0 aliphatic rings. The molecule has 0 saturated heterocycles. The van der Waals surface area contributed by atoms with Gasteiger partial charge in [0, 0.05) is 11.6 Å². The van der Waals surface area contributed by atoms with Crippen molar-refractivity contribution in [1.29, 1.82) is 0 Å². The Morgan fingerprint density at radius 1 is 0.958 bits per heavy atom. The van der Waals surface area contributed by atoms with E-state index in [1.165, 1.54) is 6.07 Å². The first-order chi connectivity index (χ1) is 11.6. The van der Waals surface area contributed by atoms with Gasteiger partial charge in [0.2, 0.25) is 0 Å². The number of benzene rings is 3. The van der Waals surface area contributed by atoms with E-state index in [4.69, 9.17) is 11.6 Å². The predicted octanol–water partition coefficient (Wildman–Crippen LogP) is 4.64. The van der Waals surface area contributed by atoms with E-state index in [2.05, 4.69) is 5.32 Å². The van der Waals surface area contributed by atoms with Gasteiger partial charge in [0.1, 0.15) is 5.75 Å². The van der Waals surface area contributed by atoms with Crippen molar-refractivity contribution in [3.8, 4) is 16.9 Å². The maximum atomic E-state index is 12.6. The van der Waals surface area contributed by atoms with E-state index < -0.39 is 0 Å². The molecule has 4 heteroatoms. The molecule has 0 bridgehead atoms. The zero-order chi connectivity index (χ0) is 16.9. The monoisotopic (exact) mass is 337 g/mol. The number of phenols is 1. The maximum absolute atomic E-state index is 12.6. The first kappa shape index (κ1) is 16.1. The Morgan fingerprint density at radius 2 is 1.75 bits per heavy atom. The highest BCUT2D eigenvalue weighted by molar-refractivity contribution is 6.30. The third kappa shape index (κ3) is 3.76. The topological polar surface area (TPSA) is 49.3 Å². The van der Waals surface area contributed by atoms with Crippen molar-refractivity contribution in [3.63, 3.8) is 0 Å². The van der Waals surface area contributed by atoms with Gasteiger partial charge in [-0.2, -0.15) is 0 Å². The second-order valence-corrected chi connectivity index (χ2v) is 5.84. The summed E-state index contributed by atoms with van der Waals surface area (Å²) in [6.45, 7) is 0.421. The Balaban J connectivity index is 1.89. The number of halogens is 1. The molecule has 0 aliphatic carbocycles. The van der Waals surface area contributed by atoms with Gasteiger partial charge in [-0.25, -0.2) is 0 Å². The van der Waals surface area contributed by atoms with Crippen molar-refractivity contribution in [2.75, 3.05) is 0 Å². The number of phenolic OH excluding ortho intramolecular Hbond substituents is 1. The first-order valence-electron chi connectivity index (χ1n) is 7.54. The van der Waals surface area contributed by atoms with Crippen molar-refractivity contribution in [1.82, 2.24) is 5.32 Å². The maximum Gasteiger partial charge on any atom is 0.252 e. The first-order valence-corrected chi connectivity index (χ1v) is 7.92. The molecular weight excluding hydrogens is 322 g/mol. The molecule has 0 radical (unpaired) electrons. The lowest BCUT2D eigenvalue weighted by Crippen LogP contribution is -2.23. The van der Waals surface area contributed by atoms with Crippen LogP contribution < -0.4 is 5.32 Å². The van der Waals surface area contributed by atoms with Gasteiger partial charge in [0.25, 0.3) is 5.91 Å². The van der Waals surface area contributed by atoms with Crippen molar-refractivity contribution in [3.05, 3.63) is 88.9 Å². The predicted molar refractivity (Wildman–Crippen MR) is 96.2 cm³/mol. The van der Waals surface area contributed by atoms with Crippen LogP contribution in [0.25, 0.3) is 11.1 Å². The SMILES string of the molecule is O=C(NCc1ccccc1)c1cc(O)ccc1-c1cccc(Cl)c1. The Morgan fingerprint density at radius 3 is 2.50 bits per heavy atom. The van der Waals surface area contributed by atoms with Gasteiger partial charge in [0.15, 0.2) is 0 Å². The highest BCUT2D eigenvalue weighted by atomic mass is 35.5. The van der Waals surface area contributed by atoms with Crippen molar-refractivity contribution in [2.45, 2.75) is 6.54 Å². The summed E-state index contributed by atoms with van der Waals surface area (Å²) in [6.07, 6.45) is 0. The number of hydrogen-bond donors (Lipinski definition) is 2. The lowest BCUT2D eigenvalue weighted by atomic mass is 9.98. The highest BCUT2D eigenvalue weighted by Crippen LogP contribution is 2.28. The molecule has 3 nitrogen and oxygen atoms in total. The van der Waals surface area contributed by atoms with E-state index in [1.807, 2.05) is 42.5 Å².